The Bertz CT molecular complexity index is 236. The third-order valence-corrected chi connectivity index (χ3v) is 3.96. The fraction of sp³-hybridized carbons (Fsp3) is 0.917. The number of carbonyl (C=O) groups is 1. The normalized spacial score (nSPS) is 23.7. The van der Waals surface area contributed by atoms with E-state index in [0.29, 0.717) is 6.54 Å². The van der Waals surface area contributed by atoms with Crippen LogP contribution in [0.5, 0.6) is 0 Å². The van der Waals surface area contributed by atoms with Crippen molar-refractivity contribution in [1.82, 2.24) is 5.32 Å². The van der Waals surface area contributed by atoms with E-state index in [1.807, 2.05) is 0 Å². The van der Waals surface area contributed by atoms with Crippen LogP contribution in [-0.2, 0) is 4.79 Å². The van der Waals surface area contributed by atoms with Crippen LogP contribution >= 0.6 is 0 Å². The zero-order chi connectivity index (χ0) is 11.7. The number of hydrogen-bond donors (Lipinski definition) is 2. The summed E-state index contributed by atoms with van der Waals surface area (Å²) < 4.78 is 0. The van der Waals surface area contributed by atoms with E-state index in [1.54, 1.807) is 0 Å². The summed E-state index contributed by atoms with van der Waals surface area (Å²) in [6, 6.07) is 0. The standard InChI is InChI=1S/C12H24N2O/c1-5-12(6-2,8-13)14-10(15)9-7-11(9,3)4/h9H,5-8,13H2,1-4H3,(H,14,15). The molecule has 1 aliphatic carbocycles. The maximum absolute atomic E-state index is 11.9. The predicted octanol–water partition coefficient (Wildman–Crippen LogP) is 1.67. The lowest BCUT2D eigenvalue weighted by molar-refractivity contribution is -0.125. The minimum absolute atomic E-state index is 0.185. The van der Waals surface area contributed by atoms with Crippen molar-refractivity contribution in [3.63, 3.8) is 0 Å². The minimum Gasteiger partial charge on any atom is -0.349 e. The first-order valence-electron chi connectivity index (χ1n) is 5.93. The van der Waals surface area contributed by atoms with Gasteiger partial charge in [-0.3, -0.25) is 4.79 Å². The largest absolute Gasteiger partial charge is 0.349 e. The number of nitrogens with two attached hydrogens (primary N) is 1. The van der Waals surface area contributed by atoms with Crippen molar-refractivity contribution in [3.05, 3.63) is 0 Å². The van der Waals surface area contributed by atoms with Crippen molar-refractivity contribution in [2.24, 2.45) is 17.1 Å². The van der Waals surface area contributed by atoms with E-state index in [4.69, 9.17) is 5.73 Å². The van der Waals surface area contributed by atoms with Gasteiger partial charge in [0, 0.05) is 12.5 Å². The molecule has 3 N–H and O–H groups in total. The van der Waals surface area contributed by atoms with Gasteiger partial charge in [-0.15, -0.1) is 0 Å². The molecule has 0 spiro atoms. The van der Waals surface area contributed by atoms with Crippen LogP contribution < -0.4 is 11.1 Å². The van der Waals surface area contributed by atoms with E-state index in [2.05, 4.69) is 33.0 Å². The second-order valence-electron chi connectivity index (χ2n) is 5.43. The summed E-state index contributed by atoms with van der Waals surface area (Å²) in [4.78, 5) is 11.9. The molecular formula is C12H24N2O. The monoisotopic (exact) mass is 212 g/mol. The molecule has 0 radical (unpaired) electrons. The zero-order valence-electron chi connectivity index (χ0n) is 10.4. The van der Waals surface area contributed by atoms with Gasteiger partial charge in [0.25, 0.3) is 0 Å². The number of amides is 1. The number of carbonyl (C=O) groups excluding carboxylic acids is 1. The SMILES string of the molecule is CCC(CC)(CN)NC(=O)C1CC1(C)C. The summed E-state index contributed by atoms with van der Waals surface area (Å²) >= 11 is 0. The highest BCUT2D eigenvalue weighted by Gasteiger charge is 2.51. The van der Waals surface area contributed by atoms with Crippen molar-refractivity contribution >= 4 is 5.91 Å². The van der Waals surface area contributed by atoms with E-state index in [9.17, 15) is 4.79 Å². The number of nitrogens with one attached hydrogen (secondary N) is 1. The molecule has 0 aromatic carbocycles. The Kier molecular flexibility index (Phi) is 3.44. The van der Waals surface area contributed by atoms with Crippen LogP contribution in [0.25, 0.3) is 0 Å². The van der Waals surface area contributed by atoms with Gasteiger partial charge in [0.15, 0.2) is 0 Å². The molecule has 1 unspecified atom stereocenters. The van der Waals surface area contributed by atoms with Gasteiger partial charge in [-0.1, -0.05) is 27.7 Å². The van der Waals surface area contributed by atoms with Gasteiger partial charge in [0.2, 0.25) is 5.91 Å². The van der Waals surface area contributed by atoms with E-state index in [-0.39, 0.29) is 22.8 Å². The lowest BCUT2D eigenvalue weighted by Crippen LogP contribution is -2.53. The first-order valence-corrected chi connectivity index (χ1v) is 5.93. The highest BCUT2D eigenvalue weighted by atomic mass is 16.2. The third-order valence-electron chi connectivity index (χ3n) is 3.96. The Hall–Kier alpha value is -0.570. The maximum Gasteiger partial charge on any atom is 0.224 e. The number of rotatable bonds is 5. The van der Waals surface area contributed by atoms with Crippen LogP contribution in [0.3, 0.4) is 0 Å². The van der Waals surface area contributed by atoms with Crippen LogP contribution in [0.2, 0.25) is 0 Å². The molecule has 0 aromatic rings. The van der Waals surface area contributed by atoms with Crippen LogP contribution in [-0.4, -0.2) is 18.0 Å². The molecule has 0 aromatic heterocycles. The Morgan fingerprint density at radius 2 is 1.93 bits per heavy atom. The fourth-order valence-electron chi connectivity index (χ4n) is 2.03. The fourth-order valence-corrected chi connectivity index (χ4v) is 2.03. The molecule has 1 amide bonds. The lowest BCUT2D eigenvalue weighted by atomic mass is 9.92. The average Bonchev–Trinajstić information content (AvgIpc) is 2.84. The van der Waals surface area contributed by atoms with Crippen LogP contribution in [0.4, 0.5) is 0 Å². The molecular weight excluding hydrogens is 188 g/mol. The van der Waals surface area contributed by atoms with Crippen LogP contribution in [0, 0.1) is 11.3 Å². The molecule has 1 fully saturated rings. The summed E-state index contributed by atoms with van der Waals surface area (Å²) in [5.41, 5.74) is 5.77. The predicted molar refractivity (Wildman–Crippen MR) is 62.4 cm³/mol. The van der Waals surface area contributed by atoms with Gasteiger partial charge in [0.1, 0.15) is 0 Å². The molecule has 0 saturated heterocycles. The molecule has 1 atom stereocenters. The van der Waals surface area contributed by atoms with Crippen molar-refractivity contribution < 1.29 is 4.79 Å². The van der Waals surface area contributed by atoms with E-state index < -0.39 is 0 Å². The minimum atomic E-state index is -0.185. The van der Waals surface area contributed by atoms with Gasteiger partial charge >= 0.3 is 0 Å². The van der Waals surface area contributed by atoms with Crippen molar-refractivity contribution in [3.8, 4) is 0 Å². The van der Waals surface area contributed by atoms with Crippen LogP contribution in [0.1, 0.15) is 47.0 Å². The molecule has 1 saturated carbocycles. The van der Waals surface area contributed by atoms with E-state index >= 15 is 0 Å². The quantitative estimate of drug-likeness (QED) is 0.728. The Balaban J connectivity index is 2.56. The Morgan fingerprint density at radius 3 is 2.20 bits per heavy atom. The summed E-state index contributed by atoms with van der Waals surface area (Å²) in [6.45, 7) is 8.96. The van der Waals surface area contributed by atoms with Gasteiger partial charge in [-0.2, -0.15) is 0 Å². The highest BCUT2D eigenvalue weighted by molar-refractivity contribution is 5.83. The van der Waals surface area contributed by atoms with Crippen LogP contribution in [0.15, 0.2) is 0 Å². The van der Waals surface area contributed by atoms with Crippen molar-refractivity contribution in [2.45, 2.75) is 52.5 Å². The molecule has 88 valence electrons. The second kappa shape index (κ2) is 4.12. The van der Waals surface area contributed by atoms with Crippen molar-refractivity contribution in [1.29, 1.82) is 0 Å². The molecule has 1 aliphatic rings. The van der Waals surface area contributed by atoms with Gasteiger partial charge in [0.05, 0.1) is 5.54 Å². The zero-order valence-corrected chi connectivity index (χ0v) is 10.4. The molecule has 3 heteroatoms. The molecule has 15 heavy (non-hydrogen) atoms. The topological polar surface area (TPSA) is 55.1 Å². The van der Waals surface area contributed by atoms with E-state index in [0.717, 1.165) is 19.3 Å². The average molecular weight is 212 g/mol. The van der Waals surface area contributed by atoms with E-state index in [1.165, 1.54) is 0 Å². The summed E-state index contributed by atoms with van der Waals surface area (Å²) in [5.74, 6) is 0.385. The molecule has 0 bridgehead atoms. The second-order valence-corrected chi connectivity index (χ2v) is 5.43. The molecule has 1 rings (SSSR count). The van der Waals surface area contributed by atoms with Gasteiger partial charge in [-0.05, 0) is 24.7 Å². The van der Waals surface area contributed by atoms with Gasteiger partial charge in [-0.25, -0.2) is 0 Å². The summed E-state index contributed by atoms with van der Waals surface area (Å²) in [6.07, 6.45) is 2.81. The number of hydrogen-bond acceptors (Lipinski definition) is 2. The Labute approximate surface area is 92.8 Å². The lowest BCUT2D eigenvalue weighted by Gasteiger charge is -2.31. The third kappa shape index (κ3) is 2.51. The molecule has 3 nitrogen and oxygen atoms in total. The molecule has 0 heterocycles. The summed E-state index contributed by atoms with van der Waals surface area (Å²) in [5, 5.41) is 3.13. The smallest absolute Gasteiger partial charge is 0.224 e. The van der Waals surface area contributed by atoms with Crippen molar-refractivity contribution in [2.75, 3.05) is 6.54 Å². The van der Waals surface area contributed by atoms with Gasteiger partial charge < -0.3 is 11.1 Å². The molecule has 0 aliphatic heterocycles. The summed E-state index contributed by atoms with van der Waals surface area (Å²) in [7, 11) is 0. The first-order chi connectivity index (χ1) is 6.90. The maximum atomic E-state index is 11.9. The highest BCUT2D eigenvalue weighted by Crippen LogP contribution is 2.51. The Morgan fingerprint density at radius 1 is 1.47 bits per heavy atom. The first kappa shape index (κ1) is 12.5.